The second-order valence-electron chi connectivity index (χ2n) is 3.37. The van der Waals surface area contributed by atoms with Gasteiger partial charge in [0, 0.05) is 4.47 Å². The third-order valence-electron chi connectivity index (χ3n) is 2.21. The minimum atomic E-state index is -0.323. The fraction of sp³-hybridized carbons (Fsp3) is 0.300. The fourth-order valence-corrected chi connectivity index (χ4v) is 2.63. The van der Waals surface area contributed by atoms with Crippen molar-refractivity contribution in [3.8, 4) is 0 Å². The lowest BCUT2D eigenvalue weighted by molar-refractivity contribution is 0.316. The Labute approximate surface area is 118 Å². The Morgan fingerprint density at radius 2 is 2.06 bits per heavy atom. The Balaban J connectivity index is 3.02. The van der Waals surface area contributed by atoms with Crippen LogP contribution in [-0.2, 0) is 0 Å². The van der Waals surface area contributed by atoms with Crippen molar-refractivity contribution in [2.24, 2.45) is 10.9 Å². The van der Waals surface area contributed by atoms with E-state index in [1.807, 2.05) is 6.92 Å². The van der Waals surface area contributed by atoms with Gasteiger partial charge in [0.25, 0.3) is 0 Å². The van der Waals surface area contributed by atoms with E-state index in [1.54, 1.807) is 12.1 Å². The van der Waals surface area contributed by atoms with Crippen LogP contribution in [0.25, 0.3) is 0 Å². The van der Waals surface area contributed by atoms with Gasteiger partial charge in [-0.05, 0) is 18.6 Å². The van der Waals surface area contributed by atoms with E-state index in [0.717, 1.165) is 4.47 Å². The first-order chi connectivity index (χ1) is 7.99. The Morgan fingerprint density at radius 3 is 2.47 bits per heavy atom. The van der Waals surface area contributed by atoms with Crippen LogP contribution >= 0.6 is 39.1 Å². The molecule has 7 heteroatoms. The summed E-state index contributed by atoms with van der Waals surface area (Å²) in [6.45, 7) is 1.90. The van der Waals surface area contributed by atoms with Crippen LogP contribution < -0.4 is 11.1 Å². The van der Waals surface area contributed by atoms with Crippen molar-refractivity contribution < 1.29 is 5.21 Å². The van der Waals surface area contributed by atoms with Gasteiger partial charge in [0.15, 0.2) is 5.84 Å². The molecule has 0 aromatic heterocycles. The van der Waals surface area contributed by atoms with Gasteiger partial charge < -0.3 is 16.3 Å². The molecule has 4 N–H and O–H groups in total. The molecule has 0 amide bonds. The first-order valence-corrected chi connectivity index (χ1v) is 6.43. The number of hydrogen-bond donors (Lipinski definition) is 3. The zero-order valence-electron chi connectivity index (χ0n) is 9.04. The van der Waals surface area contributed by atoms with Gasteiger partial charge in [-0.15, -0.1) is 0 Å². The van der Waals surface area contributed by atoms with E-state index in [1.165, 1.54) is 0 Å². The Kier molecular flexibility index (Phi) is 5.36. The van der Waals surface area contributed by atoms with Crippen molar-refractivity contribution in [3.05, 3.63) is 26.7 Å². The molecule has 0 aliphatic heterocycles. The van der Waals surface area contributed by atoms with E-state index in [0.29, 0.717) is 22.2 Å². The molecular weight excluding hydrogens is 329 g/mol. The van der Waals surface area contributed by atoms with Crippen LogP contribution in [0, 0.1) is 0 Å². The fourth-order valence-electron chi connectivity index (χ4n) is 1.31. The molecule has 1 unspecified atom stereocenters. The molecule has 17 heavy (non-hydrogen) atoms. The number of hydrogen-bond acceptors (Lipinski definition) is 3. The van der Waals surface area contributed by atoms with Gasteiger partial charge in [0.05, 0.1) is 21.8 Å². The number of anilines is 1. The molecule has 1 rings (SSSR count). The lowest BCUT2D eigenvalue weighted by Crippen LogP contribution is -2.35. The summed E-state index contributed by atoms with van der Waals surface area (Å²) in [5, 5.41) is 15.6. The molecule has 0 saturated carbocycles. The Bertz CT molecular complexity index is 417. The second kappa shape index (κ2) is 6.33. The third-order valence-corrected chi connectivity index (χ3v) is 3.26. The maximum atomic E-state index is 8.65. The standard InChI is InChI=1S/C10H12BrCl2N3O/c1-2-8(10(14)16-17)15-9-6(12)3-5(11)4-7(9)13/h3-4,8,15,17H,2H2,1H3,(H2,14,16). The van der Waals surface area contributed by atoms with Gasteiger partial charge in [-0.1, -0.05) is 51.2 Å². The van der Waals surface area contributed by atoms with Crippen LogP contribution in [0.4, 0.5) is 5.69 Å². The minimum absolute atomic E-state index is 0.0857. The van der Waals surface area contributed by atoms with Crippen LogP contribution in [-0.4, -0.2) is 17.1 Å². The van der Waals surface area contributed by atoms with Crippen molar-refractivity contribution in [1.82, 2.24) is 0 Å². The summed E-state index contributed by atoms with van der Waals surface area (Å²) < 4.78 is 0.787. The topological polar surface area (TPSA) is 70.6 Å². The summed E-state index contributed by atoms with van der Waals surface area (Å²) in [7, 11) is 0. The number of halogens is 3. The third kappa shape index (κ3) is 3.66. The molecule has 0 heterocycles. The summed E-state index contributed by atoms with van der Waals surface area (Å²) in [5.41, 5.74) is 6.11. The molecule has 1 atom stereocenters. The average molecular weight is 341 g/mol. The van der Waals surface area contributed by atoms with Crippen molar-refractivity contribution in [3.63, 3.8) is 0 Å². The van der Waals surface area contributed by atoms with Crippen molar-refractivity contribution in [1.29, 1.82) is 0 Å². The zero-order chi connectivity index (χ0) is 13.0. The Morgan fingerprint density at radius 1 is 1.53 bits per heavy atom. The number of rotatable bonds is 4. The first-order valence-electron chi connectivity index (χ1n) is 4.88. The van der Waals surface area contributed by atoms with Gasteiger partial charge in [0.2, 0.25) is 0 Å². The monoisotopic (exact) mass is 339 g/mol. The molecular formula is C10H12BrCl2N3O. The molecule has 1 aromatic carbocycles. The van der Waals surface area contributed by atoms with Crippen LogP contribution in [0.1, 0.15) is 13.3 Å². The van der Waals surface area contributed by atoms with E-state index in [-0.39, 0.29) is 11.9 Å². The van der Waals surface area contributed by atoms with E-state index in [2.05, 4.69) is 26.4 Å². The van der Waals surface area contributed by atoms with Gasteiger partial charge >= 0.3 is 0 Å². The quantitative estimate of drug-likeness (QED) is 0.339. The number of benzene rings is 1. The highest BCUT2D eigenvalue weighted by atomic mass is 79.9. The van der Waals surface area contributed by atoms with E-state index < -0.39 is 0 Å². The number of nitrogens with zero attached hydrogens (tertiary/aromatic N) is 1. The van der Waals surface area contributed by atoms with Gasteiger partial charge in [-0.2, -0.15) is 0 Å². The lowest BCUT2D eigenvalue weighted by Gasteiger charge is -2.18. The smallest absolute Gasteiger partial charge is 0.161 e. The largest absolute Gasteiger partial charge is 0.409 e. The predicted molar refractivity (Wildman–Crippen MR) is 75.3 cm³/mol. The summed E-state index contributed by atoms with van der Waals surface area (Å²) in [5.74, 6) is 0.0857. The van der Waals surface area contributed by atoms with Crippen LogP contribution in [0.2, 0.25) is 10.0 Å². The maximum absolute atomic E-state index is 8.65. The van der Waals surface area contributed by atoms with E-state index >= 15 is 0 Å². The maximum Gasteiger partial charge on any atom is 0.161 e. The minimum Gasteiger partial charge on any atom is -0.409 e. The average Bonchev–Trinajstić information content (AvgIpc) is 2.27. The molecule has 0 spiro atoms. The highest BCUT2D eigenvalue weighted by Crippen LogP contribution is 2.34. The lowest BCUT2D eigenvalue weighted by atomic mass is 10.2. The molecule has 0 saturated heterocycles. The van der Waals surface area contributed by atoms with E-state index in [9.17, 15) is 0 Å². The van der Waals surface area contributed by atoms with Crippen LogP contribution in [0.5, 0.6) is 0 Å². The molecule has 0 fully saturated rings. The molecule has 1 aromatic rings. The molecule has 0 aliphatic carbocycles. The molecule has 0 aliphatic rings. The van der Waals surface area contributed by atoms with Crippen molar-refractivity contribution >= 4 is 50.7 Å². The predicted octanol–water partition coefficient (Wildman–Crippen LogP) is 3.69. The number of nitrogens with one attached hydrogen (secondary N) is 1. The van der Waals surface area contributed by atoms with Gasteiger partial charge in [-0.3, -0.25) is 0 Å². The highest BCUT2D eigenvalue weighted by Gasteiger charge is 2.15. The summed E-state index contributed by atoms with van der Waals surface area (Å²) in [4.78, 5) is 0. The summed E-state index contributed by atoms with van der Waals surface area (Å²) in [6, 6.07) is 3.11. The molecule has 4 nitrogen and oxygen atoms in total. The molecule has 0 radical (unpaired) electrons. The highest BCUT2D eigenvalue weighted by molar-refractivity contribution is 9.10. The van der Waals surface area contributed by atoms with Crippen LogP contribution in [0.3, 0.4) is 0 Å². The van der Waals surface area contributed by atoms with Crippen molar-refractivity contribution in [2.75, 3.05) is 5.32 Å². The summed E-state index contributed by atoms with van der Waals surface area (Å²) in [6.07, 6.45) is 0.638. The molecule has 0 bridgehead atoms. The van der Waals surface area contributed by atoms with Gasteiger partial charge in [-0.25, -0.2) is 0 Å². The van der Waals surface area contributed by atoms with Crippen LogP contribution in [0.15, 0.2) is 21.8 Å². The van der Waals surface area contributed by atoms with E-state index in [4.69, 9.17) is 34.1 Å². The van der Waals surface area contributed by atoms with Crippen molar-refractivity contribution in [2.45, 2.75) is 19.4 Å². The Hall–Kier alpha value is -0.650. The SMILES string of the molecule is CCC(Nc1c(Cl)cc(Br)cc1Cl)C(N)=NO. The normalized spacial score (nSPS) is 13.5. The zero-order valence-corrected chi connectivity index (χ0v) is 12.1. The first kappa shape index (κ1) is 14.4. The number of oxime groups is 1. The second-order valence-corrected chi connectivity index (χ2v) is 5.10. The summed E-state index contributed by atoms with van der Waals surface area (Å²) >= 11 is 15.4. The number of nitrogens with two attached hydrogens (primary N) is 1. The molecule has 94 valence electrons. The number of amidine groups is 1. The van der Waals surface area contributed by atoms with Gasteiger partial charge in [0.1, 0.15) is 0 Å².